The van der Waals surface area contributed by atoms with Crippen molar-refractivity contribution in [1.82, 2.24) is 0 Å². The second-order valence-corrected chi connectivity index (χ2v) is 5.01. The molecule has 2 fully saturated rings. The molecule has 0 aliphatic heterocycles. The second-order valence-electron chi connectivity index (χ2n) is 5.01. The minimum absolute atomic E-state index is 0.345. The van der Waals surface area contributed by atoms with Gasteiger partial charge in [-0.3, -0.25) is 0 Å². The normalized spacial score (nSPS) is 39.2. The predicted octanol–water partition coefficient (Wildman–Crippen LogP) is 2.72. The zero-order valence-corrected chi connectivity index (χ0v) is 8.79. The molecule has 2 aliphatic carbocycles. The lowest BCUT2D eigenvalue weighted by Gasteiger charge is -2.05. The van der Waals surface area contributed by atoms with Gasteiger partial charge in [-0.2, -0.15) is 0 Å². The average molecular weight is 179 g/mol. The van der Waals surface area contributed by atoms with Crippen molar-refractivity contribution in [3.05, 3.63) is 11.6 Å². The molecule has 0 amide bonds. The smallest absolute Gasteiger partial charge is 0.0260 e. The van der Waals surface area contributed by atoms with Crippen LogP contribution in [0.1, 0.15) is 39.5 Å². The van der Waals surface area contributed by atoms with Crippen LogP contribution in [0.3, 0.4) is 0 Å². The molecule has 3 atom stereocenters. The van der Waals surface area contributed by atoms with Crippen molar-refractivity contribution in [1.29, 1.82) is 0 Å². The molecule has 0 aromatic rings. The van der Waals surface area contributed by atoms with Gasteiger partial charge in [0.15, 0.2) is 0 Å². The maximum atomic E-state index is 6.16. The van der Waals surface area contributed by atoms with Gasteiger partial charge in [0.25, 0.3) is 0 Å². The Bertz CT molecular complexity index is 203. The number of rotatable bonds is 2. The molecule has 74 valence electrons. The van der Waals surface area contributed by atoms with Crippen molar-refractivity contribution in [3.63, 3.8) is 0 Å². The fourth-order valence-corrected chi connectivity index (χ4v) is 3.11. The van der Waals surface area contributed by atoms with Gasteiger partial charge in [0.2, 0.25) is 0 Å². The molecular formula is C12H21N. The standard InChI is InChI=1S/C12H21N/c1-8(2)7-11(13)12-9-5-3-4-6-10(9)12/h7,9-12H,3-6,13H2,1-2H3. The van der Waals surface area contributed by atoms with Crippen LogP contribution in [0, 0.1) is 17.8 Å². The maximum Gasteiger partial charge on any atom is 0.0260 e. The highest BCUT2D eigenvalue weighted by atomic mass is 14.7. The highest BCUT2D eigenvalue weighted by Gasteiger charge is 2.52. The van der Waals surface area contributed by atoms with Crippen LogP contribution in [0.15, 0.2) is 11.6 Å². The molecule has 3 unspecified atom stereocenters. The maximum absolute atomic E-state index is 6.16. The molecule has 0 radical (unpaired) electrons. The first-order chi connectivity index (χ1) is 6.20. The van der Waals surface area contributed by atoms with E-state index in [-0.39, 0.29) is 0 Å². The highest BCUT2D eigenvalue weighted by molar-refractivity contribution is 5.12. The van der Waals surface area contributed by atoms with Gasteiger partial charge in [-0.25, -0.2) is 0 Å². The molecule has 2 aliphatic rings. The quantitative estimate of drug-likeness (QED) is 0.648. The van der Waals surface area contributed by atoms with E-state index in [1.165, 1.54) is 31.3 Å². The van der Waals surface area contributed by atoms with E-state index in [0.717, 1.165) is 17.8 Å². The van der Waals surface area contributed by atoms with E-state index in [1.54, 1.807) is 0 Å². The van der Waals surface area contributed by atoms with E-state index in [1.807, 2.05) is 0 Å². The summed E-state index contributed by atoms with van der Waals surface area (Å²) in [6, 6.07) is 0.345. The third kappa shape index (κ3) is 1.80. The molecule has 13 heavy (non-hydrogen) atoms. The zero-order valence-electron chi connectivity index (χ0n) is 8.79. The van der Waals surface area contributed by atoms with Gasteiger partial charge in [-0.15, -0.1) is 0 Å². The lowest BCUT2D eigenvalue weighted by atomic mass is 10.0. The van der Waals surface area contributed by atoms with Crippen LogP contribution < -0.4 is 5.73 Å². The first-order valence-corrected chi connectivity index (χ1v) is 5.61. The zero-order chi connectivity index (χ0) is 9.42. The van der Waals surface area contributed by atoms with E-state index >= 15 is 0 Å². The molecule has 2 N–H and O–H groups in total. The molecule has 2 rings (SSSR count). The third-order valence-corrected chi connectivity index (χ3v) is 3.69. The van der Waals surface area contributed by atoms with Gasteiger partial charge >= 0.3 is 0 Å². The summed E-state index contributed by atoms with van der Waals surface area (Å²) in [5.41, 5.74) is 7.53. The summed E-state index contributed by atoms with van der Waals surface area (Å²) in [6.07, 6.45) is 8.03. The molecule has 0 aromatic carbocycles. The van der Waals surface area contributed by atoms with Crippen molar-refractivity contribution >= 4 is 0 Å². The third-order valence-electron chi connectivity index (χ3n) is 3.69. The fourth-order valence-electron chi connectivity index (χ4n) is 3.11. The second kappa shape index (κ2) is 3.45. The summed E-state index contributed by atoms with van der Waals surface area (Å²) in [5.74, 6) is 2.80. The summed E-state index contributed by atoms with van der Waals surface area (Å²) in [4.78, 5) is 0. The number of nitrogens with two attached hydrogens (primary N) is 1. The Labute approximate surface area is 81.4 Å². The first kappa shape index (κ1) is 9.26. The van der Waals surface area contributed by atoms with Crippen LogP contribution in [0.4, 0.5) is 0 Å². The van der Waals surface area contributed by atoms with Crippen LogP contribution in [-0.2, 0) is 0 Å². The Morgan fingerprint density at radius 3 is 2.23 bits per heavy atom. The van der Waals surface area contributed by atoms with Crippen molar-refractivity contribution < 1.29 is 0 Å². The van der Waals surface area contributed by atoms with Gasteiger partial charge in [-0.1, -0.05) is 24.5 Å². The molecule has 0 saturated heterocycles. The summed E-state index contributed by atoms with van der Waals surface area (Å²) < 4.78 is 0. The minimum atomic E-state index is 0.345. The Morgan fingerprint density at radius 1 is 1.23 bits per heavy atom. The van der Waals surface area contributed by atoms with E-state index in [2.05, 4.69) is 19.9 Å². The summed E-state index contributed by atoms with van der Waals surface area (Å²) in [5, 5.41) is 0. The summed E-state index contributed by atoms with van der Waals surface area (Å²) in [7, 11) is 0. The van der Waals surface area contributed by atoms with Crippen molar-refractivity contribution in [2.75, 3.05) is 0 Å². The summed E-state index contributed by atoms with van der Waals surface area (Å²) in [6.45, 7) is 4.29. The van der Waals surface area contributed by atoms with Gasteiger partial charge < -0.3 is 5.73 Å². The molecule has 2 saturated carbocycles. The lowest BCUT2D eigenvalue weighted by Crippen LogP contribution is -2.21. The topological polar surface area (TPSA) is 26.0 Å². The van der Waals surface area contributed by atoms with Crippen LogP contribution in [0.5, 0.6) is 0 Å². The van der Waals surface area contributed by atoms with Crippen LogP contribution in [0.25, 0.3) is 0 Å². The van der Waals surface area contributed by atoms with Crippen molar-refractivity contribution in [2.45, 2.75) is 45.6 Å². The molecular weight excluding hydrogens is 158 g/mol. The van der Waals surface area contributed by atoms with Gasteiger partial charge in [0, 0.05) is 6.04 Å². The van der Waals surface area contributed by atoms with Crippen molar-refractivity contribution in [3.8, 4) is 0 Å². The van der Waals surface area contributed by atoms with Crippen molar-refractivity contribution in [2.24, 2.45) is 23.5 Å². The molecule has 0 heterocycles. The van der Waals surface area contributed by atoms with E-state index < -0.39 is 0 Å². The van der Waals surface area contributed by atoms with Gasteiger partial charge in [0.1, 0.15) is 0 Å². The average Bonchev–Trinajstić information content (AvgIpc) is 2.76. The number of hydrogen-bond acceptors (Lipinski definition) is 1. The monoisotopic (exact) mass is 179 g/mol. The molecule has 1 heteroatoms. The van der Waals surface area contributed by atoms with E-state index in [4.69, 9.17) is 5.73 Å². The molecule has 0 bridgehead atoms. The Morgan fingerprint density at radius 2 is 1.77 bits per heavy atom. The minimum Gasteiger partial charge on any atom is -0.324 e. The van der Waals surface area contributed by atoms with Gasteiger partial charge in [0.05, 0.1) is 0 Å². The largest absolute Gasteiger partial charge is 0.324 e. The summed E-state index contributed by atoms with van der Waals surface area (Å²) >= 11 is 0. The van der Waals surface area contributed by atoms with Crippen LogP contribution in [-0.4, -0.2) is 6.04 Å². The van der Waals surface area contributed by atoms with Crippen LogP contribution in [0.2, 0.25) is 0 Å². The molecule has 0 spiro atoms. The van der Waals surface area contributed by atoms with E-state index in [9.17, 15) is 0 Å². The molecule has 1 nitrogen and oxygen atoms in total. The van der Waals surface area contributed by atoms with Gasteiger partial charge in [-0.05, 0) is 44.4 Å². The Hall–Kier alpha value is -0.300. The van der Waals surface area contributed by atoms with E-state index in [0.29, 0.717) is 6.04 Å². The SMILES string of the molecule is CC(C)=CC(N)C1C2CCCCC21. The number of hydrogen-bond donors (Lipinski definition) is 1. The Balaban J connectivity index is 1.93. The predicted molar refractivity (Wildman–Crippen MR) is 56.3 cm³/mol. The first-order valence-electron chi connectivity index (χ1n) is 5.61. The highest BCUT2D eigenvalue weighted by Crippen LogP contribution is 2.56. The lowest BCUT2D eigenvalue weighted by molar-refractivity contribution is 0.480. The Kier molecular flexibility index (Phi) is 2.46. The number of allylic oxidation sites excluding steroid dienone is 1. The number of fused-ring (bicyclic) bond motifs is 1. The fraction of sp³-hybridized carbons (Fsp3) is 0.833. The van der Waals surface area contributed by atoms with Crippen LogP contribution >= 0.6 is 0 Å². The molecule has 0 aromatic heterocycles.